The number of aryl methyl sites for hydroxylation is 2. The van der Waals surface area contributed by atoms with E-state index in [0.717, 1.165) is 24.6 Å². The summed E-state index contributed by atoms with van der Waals surface area (Å²) < 4.78 is 12.5. The Balaban J connectivity index is 0.000000446. The molecule has 0 saturated heterocycles. The lowest BCUT2D eigenvalue weighted by molar-refractivity contribution is 0.0871. The molecule has 6 nitrogen and oxygen atoms in total. The molecule has 2 aromatic heterocycles. The minimum Gasteiger partial charge on any atom is -0.366 e. The van der Waals surface area contributed by atoms with E-state index in [0.29, 0.717) is 12.8 Å². The fraction of sp³-hybridized carbons (Fsp3) is 0.700. The Kier molecular flexibility index (Phi) is 14.5. The first-order chi connectivity index (χ1) is 13.4. The molecule has 0 aliphatic carbocycles. The second-order valence-corrected chi connectivity index (χ2v) is 20.9. The molecule has 0 amide bonds. The van der Waals surface area contributed by atoms with Crippen LogP contribution in [0.25, 0.3) is 0 Å². The quantitative estimate of drug-likeness (QED) is 0.293. The highest BCUT2D eigenvalue weighted by atomic mass is 35.5. The van der Waals surface area contributed by atoms with Crippen molar-refractivity contribution in [1.82, 2.24) is 19.5 Å². The zero-order valence-corrected chi connectivity index (χ0v) is 22.3. The number of hydrogen-bond acceptors (Lipinski definition) is 4. The van der Waals surface area contributed by atoms with Gasteiger partial charge in [0.1, 0.15) is 12.8 Å². The van der Waals surface area contributed by atoms with Gasteiger partial charge in [-0.3, -0.25) is 0 Å². The highest BCUT2D eigenvalue weighted by Gasteiger charge is 2.12. The number of aromatic nitrogens is 4. The Labute approximate surface area is 184 Å². The maximum absolute atomic E-state index is 5.57. The third-order valence-electron chi connectivity index (χ3n) is 3.71. The molecule has 9 heteroatoms. The van der Waals surface area contributed by atoms with Gasteiger partial charge in [-0.1, -0.05) is 50.9 Å². The van der Waals surface area contributed by atoms with Gasteiger partial charge in [0.15, 0.2) is 0 Å². The summed E-state index contributed by atoms with van der Waals surface area (Å²) in [5, 5.41) is 0. The molecule has 0 saturated carbocycles. The van der Waals surface area contributed by atoms with Gasteiger partial charge >= 0.3 is 0 Å². The second-order valence-electron chi connectivity index (χ2n) is 9.44. The van der Waals surface area contributed by atoms with Gasteiger partial charge in [-0.05, 0) is 25.9 Å². The summed E-state index contributed by atoms with van der Waals surface area (Å²) in [7, 11) is -1.82. The van der Waals surface area contributed by atoms with Gasteiger partial charge in [0.05, 0.1) is 18.3 Å². The number of halogens is 1. The Morgan fingerprint density at radius 3 is 1.93 bits per heavy atom. The molecule has 168 valence electrons. The van der Waals surface area contributed by atoms with Crippen molar-refractivity contribution in [2.45, 2.75) is 71.9 Å². The van der Waals surface area contributed by atoms with Crippen molar-refractivity contribution < 1.29 is 9.47 Å². The Bertz CT molecular complexity index is 623. The van der Waals surface area contributed by atoms with E-state index in [4.69, 9.17) is 21.1 Å². The summed E-state index contributed by atoms with van der Waals surface area (Å²) in [6, 6.07) is 2.77. The number of nitrogens with one attached hydrogen (secondary N) is 1. The number of H-pyrrole nitrogens is 1. The smallest absolute Gasteiger partial charge is 0.123 e. The standard InChI is InChI=1S/C10H20N2OSi.C6H15ClOSi.C4H6N2/c1-10-7-12(8-11-10)9-13-5-6-14(2,3)4;1-9(2,3)5-4-8-6-7;1-4-2-5-3-6-4/h7-8H,5-6,9H2,1-4H3;4-6H2,1-3H3;2-3H,1H3,(H,5,6). The largest absolute Gasteiger partial charge is 0.366 e. The molecular weight excluding hydrogens is 420 g/mol. The molecule has 0 atom stereocenters. The molecule has 0 aliphatic rings. The molecule has 0 fully saturated rings. The molecule has 1 N–H and O–H groups in total. The third-order valence-corrected chi connectivity index (χ3v) is 7.27. The van der Waals surface area contributed by atoms with Crippen LogP contribution in [0.3, 0.4) is 0 Å². The number of hydrogen-bond donors (Lipinski definition) is 1. The van der Waals surface area contributed by atoms with E-state index < -0.39 is 16.1 Å². The molecule has 0 spiro atoms. The molecule has 0 aromatic carbocycles. The lowest BCUT2D eigenvalue weighted by atomic mass is 10.6. The third kappa shape index (κ3) is 20.1. The second kappa shape index (κ2) is 15.0. The highest BCUT2D eigenvalue weighted by molar-refractivity contribution is 6.76. The fourth-order valence-corrected chi connectivity index (χ4v) is 3.47. The van der Waals surface area contributed by atoms with Gasteiger partial charge in [-0.2, -0.15) is 0 Å². The van der Waals surface area contributed by atoms with Gasteiger partial charge in [-0.15, -0.1) is 0 Å². The molecule has 29 heavy (non-hydrogen) atoms. The van der Waals surface area contributed by atoms with Crippen LogP contribution < -0.4 is 0 Å². The molecule has 2 heterocycles. The summed E-state index contributed by atoms with van der Waals surface area (Å²) in [6.07, 6.45) is 7.24. The normalized spacial score (nSPS) is 11.3. The minimum absolute atomic E-state index is 0.338. The molecule has 0 aliphatic heterocycles. The average Bonchev–Trinajstić information content (AvgIpc) is 3.22. The lowest BCUT2D eigenvalue weighted by Crippen LogP contribution is -2.21. The predicted octanol–water partition coefficient (Wildman–Crippen LogP) is 5.76. The first-order valence-corrected chi connectivity index (χ1v) is 18.0. The summed E-state index contributed by atoms with van der Waals surface area (Å²) in [4.78, 5) is 10.8. The Morgan fingerprint density at radius 2 is 1.59 bits per heavy atom. The molecule has 2 aromatic rings. The van der Waals surface area contributed by atoms with E-state index in [1.807, 2.05) is 30.9 Å². The molecule has 0 radical (unpaired) electrons. The Hall–Kier alpha value is -0.936. The number of alkyl halides is 1. The van der Waals surface area contributed by atoms with Crippen molar-refractivity contribution in [3.8, 4) is 0 Å². The van der Waals surface area contributed by atoms with Gasteiger partial charge in [0.25, 0.3) is 0 Å². The summed E-state index contributed by atoms with van der Waals surface area (Å²) >= 11 is 5.32. The van der Waals surface area contributed by atoms with Crippen LogP contribution in [0, 0.1) is 13.8 Å². The average molecular weight is 461 g/mol. The van der Waals surface area contributed by atoms with Crippen LogP contribution >= 0.6 is 11.6 Å². The minimum atomic E-state index is -0.940. The number of aromatic amines is 1. The van der Waals surface area contributed by atoms with Crippen molar-refractivity contribution in [3.63, 3.8) is 0 Å². The van der Waals surface area contributed by atoms with Crippen molar-refractivity contribution in [1.29, 1.82) is 0 Å². The van der Waals surface area contributed by atoms with E-state index in [2.05, 4.69) is 54.2 Å². The summed E-state index contributed by atoms with van der Waals surface area (Å²) in [5.41, 5.74) is 2.15. The number of ether oxygens (including phenoxy) is 2. The van der Waals surface area contributed by atoms with Crippen LogP contribution in [0.1, 0.15) is 11.4 Å². The van der Waals surface area contributed by atoms with Crippen LogP contribution in [0.15, 0.2) is 25.0 Å². The number of imidazole rings is 2. The van der Waals surface area contributed by atoms with Crippen molar-refractivity contribution in [3.05, 3.63) is 36.4 Å². The first-order valence-electron chi connectivity index (χ1n) is 10.1. The van der Waals surface area contributed by atoms with Gasteiger partial charge in [-0.25, -0.2) is 9.97 Å². The SMILES string of the molecule is C[Si](C)(C)CCOCCl.Cc1cn(COCC[Si](C)(C)C)cn1.Cc1cnc[nH]1. The Morgan fingerprint density at radius 1 is 1.00 bits per heavy atom. The summed E-state index contributed by atoms with van der Waals surface area (Å²) in [5.74, 6) is 0. The van der Waals surface area contributed by atoms with Crippen molar-refractivity contribution in [2.24, 2.45) is 0 Å². The van der Waals surface area contributed by atoms with Crippen LogP contribution in [0.5, 0.6) is 0 Å². The predicted molar refractivity (Wildman–Crippen MR) is 129 cm³/mol. The van der Waals surface area contributed by atoms with Gasteiger partial charge in [0.2, 0.25) is 0 Å². The maximum atomic E-state index is 5.57. The number of rotatable bonds is 9. The van der Waals surface area contributed by atoms with E-state index in [1.165, 1.54) is 12.1 Å². The monoisotopic (exact) mass is 460 g/mol. The van der Waals surface area contributed by atoms with Crippen LogP contribution in [0.4, 0.5) is 0 Å². The maximum Gasteiger partial charge on any atom is 0.123 e. The molecule has 0 bridgehead atoms. The number of nitrogens with zero attached hydrogens (tertiary/aromatic N) is 3. The van der Waals surface area contributed by atoms with Crippen LogP contribution in [-0.4, -0.2) is 54.9 Å². The van der Waals surface area contributed by atoms with E-state index in [-0.39, 0.29) is 0 Å². The van der Waals surface area contributed by atoms with Crippen molar-refractivity contribution >= 4 is 27.7 Å². The van der Waals surface area contributed by atoms with Crippen LogP contribution in [-0.2, 0) is 16.2 Å². The fourth-order valence-electron chi connectivity index (χ4n) is 1.85. The van der Waals surface area contributed by atoms with Crippen molar-refractivity contribution in [2.75, 3.05) is 19.3 Å². The van der Waals surface area contributed by atoms with E-state index in [9.17, 15) is 0 Å². The first kappa shape index (κ1) is 28.1. The molecular formula is C20H41ClN4O2Si2. The zero-order chi connectivity index (χ0) is 22.3. The van der Waals surface area contributed by atoms with Gasteiger partial charge < -0.3 is 19.0 Å². The molecule has 0 unspecified atom stereocenters. The van der Waals surface area contributed by atoms with Gasteiger partial charge in [0, 0.05) is 47.4 Å². The van der Waals surface area contributed by atoms with Crippen LogP contribution in [0.2, 0.25) is 51.4 Å². The van der Waals surface area contributed by atoms with E-state index >= 15 is 0 Å². The highest BCUT2D eigenvalue weighted by Crippen LogP contribution is 2.08. The topological polar surface area (TPSA) is 65.0 Å². The summed E-state index contributed by atoms with van der Waals surface area (Å²) in [6.45, 7) is 20.3. The lowest BCUT2D eigenvalue weighted by Gasteiger charge is -2.15. The zero-order valence-electron chi connectivity index (χ0n) is 19.6. The molecule has 2 rings (SSSR count). The van der Waals surface area contributed by atoms with E-state index in [1.54, 1.807) is 12.5 Å².